The van der Waals surface area contributed by atoms with Gasteiger partial charge >= 0.3 is 0 Å². The van der Waals surface area contributed by atoms with Crippen molar-refractivity contribution in [3.8, 4) is 11.5 Å². The van der Waals surface area contributed by atoms with Crippen molar-refractivity contribution in [3.63, 3.8) is 0 Å². The molecule has 1 aliphatic heterocycles. The SMILES string of the molecule is CCCCOc1ccc([C@@H]2c3c(oc4ccc(Cl)cc4c3=O)C(=O)N2CCCN(C)C)cc1OC. The van der Waals surface area contributed by atoms with Gasteiger partial charge in [-0.1, -0.05) is 31.0 Å². The van der Waals surface area contributed by atoms with Crippen LogP contribution in [0.25, 0.3) is 11.0 Å². The summed E-state index contributed by atoms with van der Waals surface area (Å²) in [6.45, 7) is 3.97. The fourth-order valence-corrected chi connectivity index (χ4v) is 4.60. The lowest BCUT2D eigenvalue weighted by Crippen LogP contribution is -2.32. The first-order valence-electron chi connectivity index (χ1n) is 11.9. The predicted octanol–water partition coefficient (Wildman–Crippen LogP) is 5.13. The molecule has 7 nitrogen and oxygen atoms in total. The molecule has 0 unspecified atom stereocenters. The zero-order valence-corrected chi connectivity index (χ0v) is 21.4. The number of hydrogen-bond acceptors (Lipinski definition) is 6. The van der Waals surface area contributed by atoms with Gasteiger partial charge in [-0.05, 0) is 69.4 Å². The van der Waals surface area contributed by atoms with Gasteiger partial charge in [-0.2, -0.15) is 0 Å². The highest BCUT2D eigenvalue weighted by Crippen LogP contribution is 2.41. The molecule has 0 saturated heterocycles. The molecule has 0 saturated carbocycles. The number of carbonyl (C=O) groups excluding carboxylic acids is 1. The second kappa shape index (κ2) is 10.7. The number of carbonyl (C=O) groups is 1. The minimum atomic E-state index is -0.599. The normalized spacial score (nSPS) is 15.2. The molecule has 1 atom stereocenters. The summed E-state index contributed by atoms with van der Waals surface area (Å²) in [6, 6.07) is 9.83. The first-order valence-corrected chi connectivity index (χ1v) is 12.3. The summed E-state index contributed by atoms with van der Waals surface area (Å²) < 4.78 is 17.5. The minimum Gasteiger partial charge on any atom is -0.493 e. The molecule has 1 aliphatic rings. The van der Waals surface area contributed by atoms with Crippen molar-refractivity contribution in [2.24, 2.45) is 0 Å². The first kappa shape index (κ1) is 25.1. The van der Waals surface area contributed by atoms with Crippen molar-refractivity contribution in [2.45, 2.75) is 32.2 Å². The number of ether oxygens (including phenoxy) is 2. The van der Waals surface area contributed by atoms with E-state index >= 15 is 0 Å². The highest BCUT2D eigenvalue weighted by Gasteiger charge is 2.42. The van der Waals surface area contributed by atoms with Crippen molar-refractivity contribution in [2.75, 3.05) is 40.9 Å². The molecule has 3 aromatic rings. The second-order valence-electron chi connectivity index (χ2n) is 8.98. The summed E-state index contributed by atoms with van der Waals surface area (Å²) in [7, 11) is 5.56. The van der Waals surface area contributed by atoms with Crippen molar-refractivity contribution < 1.29 is 18.7 Å². The highest BCUT2D eigenvalue weighted by molar-refractivity contribution is 6.31. The van der Waals surface area contributed by atoms with Gasteiger partial charge in [0.05, 0.1) is 30.7 Å². The molecule has 186 valence electrons. The summed E-state index contributed by atoms with van der Waals surface area (Å²) in [6.07, 6.45) is 2.71. The van der Waals surface area contributed by atoms with Gasteiger partial charge in [-0.15, -0.1) is 0 Å². The lowest BCUT2D eigenvalue weighted by atomic mass is 9.98. The Morgan fingerprint density at radius 1 is 1.09 bits per heavy atom. The third-order valence-corrected chi connectivity index (χ3v) is 6.43. The van der Waals surface area contributed by atoms with E-state index in [1.54, 1.807) is 30.2 Å². The Morgan fingerprint density at radius 2 is 1.89 bits per heavy atom. The quantitative estimate of drug-likeness (QED) is 0.361. The number of nitrogens with zero attached hydrogens (tertiary/aromatic N) is 2. The van der Waals surface area contributed by atoms with Crippen LogP contribution in [0.1, 0.15) is 53.9 Å². The molecule has 0 radical (unpaired) electrons. The van der Waals surface area contributed by atoms with Crippen LogP contribution in [-0.4, -0.2) is 56.6 Å². The summed E-state index contributed by atoms with van der Waals surface area (Å²) in [5, 5.41) is 0.791. The van der Waals surface area contributed by atoms with Gasteiger partial charge in [-0.3, -0.25) is 9.59 Å². The second-order valence-corrected chi connectivity index (χ2v) is 9.42. The number of amides is 1. The van der Waals surface area contributed by atoms with E-state index in [9.17, 15) is 9.59 Å². The molecule has 0 fully saturated rings. The standard InChI is InChI=1S/C27H31ClN2O5/c1-5-6-14-34-21-10-8-17(15-22(21)33-4)24-23-25(31)19-16-18(28)9-11-20(19)35-26(23)27(32)30(24)13-7-12-29(2)3/h8-11,15-16,24H,5-7,12-14H2,1-4H3/t24-/m1/s1. The number of rotatable bonds is 10. The summed E-state index contributed by atoms with van der Waals surface area (Å²) in [5.74, 6) is 0.980. The molecule has 8 heteroatoms. The number of methoxy groups -OCH3 is 1. The van der Waals surface area contributed by atoms with Crippen molar-refractivity contribution in [1.29, 1.82) is 0 Å². The topological polar surface area (TPSA) is 72.2 Å². The number of benzene rings is 2. The highest BCUT2D eigenvalue weighted by atomic mass is 35.5. The Bertz CT molecular complexity index is 1290. The third kappa shape index (κ3) is 5.02. The average molecular weight is 499 g/mol. The summed E-state index contributed by atoms with van der Waals surface area (Å²) in [5.41, 5.74) is 1.18. The molecule has 35 heavy (non-hydrogen) atoms. The number of fused-ring (bicyclic) bond motifs is 2. The van der Waals surface area contributed by atoms with Crippen LogP contribution in [0, 0.1) is 0 Å². The third-order valence-electron chi connectivity index (χ3n) is 6.19. The smallest absolute Gasteiger partial charge is 0.290 e. The monoisotopic (exact) mass is 498 g/mol. The van der Waals surface area contributed by atoms with E-state index in [1.807, 2.05) is 32.3 Å². The molecule has 1 aromatic heterocycles. The van der Waals surface area contributed by atoms with Crippen molar-refractivity contribution in [3.05, 3.63) is 68.5 Å². The van der Waals surface area contributed by atoms with Crippen molar-refractivity contribution in [1.82, 2.24) is 9.80 Å². The molecule has 2 heterocycles. The average Bonchev–Trinajstić information content (AvgIpc) is 3.11. The predicted molar refractivity (Wildman–Crippen MR) is 137 cm³/mol. The molecule has 4 rings (SSSR count). The van der Waals surface area contributed by atoms with Gasteiger partial charge in [0.25, 0.3) is 5.91 Å². The number of hydrogen-bond donors (Lipinski definition) is 0. The molecule has 0 aliphatic carbocycles. The van der Waals surface area contributed by atoms with Gasteiger partial charge in [0.15, 0.2) is 16.9 Å². The molecule has 2 aromatic carbocycles. The van der Waals surface area contributed by atoms with Crippen LogP contribution in [0.3, 0.4) is 0 Å². The number of unbranched alkanes of at least 4 members (excludes halogenated alkanes) is 1. The van der Waals surface area contributed by atoms with E-state index in [-0.39, 0.29) is 17.1 Å². The van der Waals surface area contributed by atoms with Crippen LogP contribution >= 0.6 is 11.6 Å². The van der Waals surface area contributed by atoms with E-state index in [4.69, 9.17) is 25.5 Å². The Hall–Kier alpha value is -3.03. The lowest BCUT2D eigenvalue weighted by molar-refractivity contribution is 0.0722. The Labute approximate surface area is 210 Å². The van der Waals surface area contributed by atoms with Crippen molar-refractivity contribution >= 4 is 28.5 Å². The van der Waals surface area contributed by atoms with Crippen LogP contribution in [0.5, 0.6) is 11.5 Å². The van der Waals surface area contributed by atoms with E-state index < -0.39 is 6.04 Å². The Morgan fingerprint density at radius 3 is 2.60 bits per heavy atom. The maximum absolute atomic E-state index is 13.7. The van der Waals surface area contributed by atoms with E-state index in [0.29, 0.717) is 46.2 Å². The maximum atomic E-state index is 13.7. The van der Waals surface area contributed by atoms with Gasteiger partial charge in [0.2, 0.25) is 5.76 Å². The maximum Gasteiger partial charge on any atom is 0.290 e. The molecular weight excluding hydrogens is 468 g/mol. The lowest BCUT2D eigenvalue weighted by Gasteiger charge is -2.26. The van der Waals surface area contributed by atoms with Crippen LogP contribution < -0.4 is 14.9 Å². The molecular formula is C27H31ClN2O5. The zero-order valence-electron chi connectivity index (χ0n) is 20.6. The fraction of sp³-hybridized carbons (Fsp3) is 0.407. The Kier molecular flexibility index (Phi) is 7.67. The van der Waals surface area contributed by atoms with Gasteiger partial charge in [0.1, 0.15) is 5.58 Å². The summed E-state index contributed by atoms with van der Waals surface area (Å²) >= 11 is 6.17. The molecule has 1 amide bonds. The van der Waals surface area contributed by atoms with E-state index in [0.717, 1.165) is 31.4 Å². The van der Waals surface area contributed by atoms with Gasteiger partial charge < -0.3 is 23.7 Å². The van der Waals surface area contributed by atoms with Crippen LogP contribution in [-0.2, 0) is 0 Å². The van der Waals surface area contributed by atoms with E-state index in [1.165, 1.54) is 0 Å². The largest absolute Gasteiger partial charge is 0.493 e. The van der Waals surface area contributed by atoms with Crippen LogP contribution in [0.4, 0.5) is 0 Å². The summed E-state index contributed by atoms with van der Waals surface area (Å²) in [4.78, 5) is 31.0. The van der Waals surface area contributed by atoms with Gasteiger partial charge in [0, 0.05) is 11.6 Å². The van der Waals surface area contributed by atoms with Gasteiger partial charge in [-0.25, -0.2) is 0 Å². The Balaban J connectivity index is 1.82. The number of halogens is 1. The molecule has 0 N–H and O–H groups in total. The van der Waals surface area contributed by atoms with Crippen LogP contribution in [0.2, 0.25) is 5.02 Å². The van der Waals surface area contributed by atoms with Crippen LogP contribution in [0.15, 0.2) is 45.6 Å². The first-order chi connectivity index (χ1) is 16.8. The molecule has 0 bridgehead atoms. The van der Waals surface area contributed by atoms with E-state index in [2.05, 4.69) is 11.8 Å². The zero-order chi connectivity index (χ0) is 25.1. The minimum absolute atomic E-state index is 0.0851. The fourth-order valence-electron chi connectivity index (χ4n) is 4.43. The molecule has 0 spiro atoms.